The van der Waals surface area contributed by atoms with Gasteiger partial charge in [-0.15, -0.1) is 0 Å². The maximum Gasteiger partial charge on any atom is 0.321 e. The number of carbonyl (C=O) groups is 1. The number of urea groups is 1. The van der Waals surface area contributed by atoms with Crippen molar-refractivity contribution in [2.24, 2.45) is 23.2 Å². The van der Waals surface area contributed by atoms with Crippen LogP contribution in [0.25, 0.3) is 0 Å². The summed E-state index contributed by atoms with van der Waals surface area (Å²) in [6, 6.07) is -0.183. The summed E-state index contributed by atoms with van der Waals surface area (Å²) in [5.74, 6) is 3.15. The quantitative estimate of drug-likeness (QED) is 0.790. The number of amides is 2. The number of H-pyrrole nitrogens is 1. The van der Waals surface area contributed by atoms with E-state index in [0.717, 1.165) is 24.3 Å². The van der Waals surface area contributed by atoms with Crippen LogP contribution in [0.5, 0.6) is 0 Å². The molecule has 4 bridgehead atoms. The Hall–Kier alpha value is -1.59. The highest BCUT2D eigenvalue weighted by molar-refractivity contribution is 5.87. The van der Waals surface area contributed by atoms with E-state index in [9.17, 15) is 4.79 Å². The fourth-order valence-electron chi connectivity index (χ4n) is 5.19. The van der Waals surface area contributed by atoms with Crippen LogP contribution in [-0.2, 0) is 0 Å². The summed E-state index contributed by atoms with van der Waals surface area (Å²) in [6.07, 6.45) is 9.61. The highest BCUT2D eigenvalue weighted by Crippen LogP contribution is 2.59. The Morgan fingerprint density at radius 3 is 2.45 bits per heavy atom. The average molecular weight is 275 g/mol. The van der Waals surface area contributed by atoms with Gasteiger partial charge in [-0.1, -0.05) is 0 Å². The lowest BCUT2D eigenvalue weighted by atomic mass is 9.49. The zero-order chi connectivity index (χ0) is 13.6. The van der Waals surface area contributed by atoms with Gasteiger partial charge in [0.15, 0.2) is 0 Å². The molecule has 20 heavy (non-hydrogen) atoms. The number of nitrogens with one attached hydrogen (secondary N) is 3. The third-order valence-electron chi connectivity index (χ3n) is 5.44. The van der Waals surface area contributed by atoms with Crippen LogP contribution in [-0.4, -0.2) is 27.8 Å². The molecule has 1 aromatic heterocycles. The zero-order valence-corrected chi connectivity index (χ0v) is 11.6. The molecule has 0 atom stereocenters. The predicted molar refractivity (Wildman–Crippen MR) is 74.0 cm³/mol. The Kier molecular flexibility index (Phi) is 2.72. The molecule has 0 unspecified atom stereocenters. The first-order valence-corrected chi connectivity index (χ1v) is 7.61. The number of hydrogen-bond donors (Lipinski definition) is 3. The molecular formula is C14H21N5O. The van der Waals surface area contributed by atoms with Gasteiger partial charge in [-0.25, -0.2) is 9.89 Å². The second kappa shape index (κ2) is 4.46. The minimum absolute atomic E-state index is 0.183. The molecular weight excluding hydrogens is 254 g/mol. The first-order chi connectivity index (χ1) is 9.71. The number of aromatic nitrogens is 3. The van der Waals surface area contributed by atoms with Gasteiger partial charge in [0.25, 0.3) is 0 Å². The molecule has 0 spiro atoms. The van der Waals surface area contributed by atoms with Crippen LogP contribution in [0.1, 0.15) is 38.5 Å². The standard InChI is InChI=1S/C14H21N5O/c20-13(18-12-16-8-17-19-12)15-7-14-4-9-1-10(5-14)3-11(2-9)6-14/h8-11H,1-7H2,(H3,15,16,17,18,19,20). The van der Waals surface area contributed by atoms with Gasteiger partial charge >= 0.3 is 6.03 Å². The monoisotopic (exact) mass is 275 g/mol. The lowest BCUT2D eigenvalue weighted by molar-refractivity contribution is -0.0496. The fourth-order valence-corrected chi connectivity index (χ4v) is 5.19. The van der Waals surface area contributed by atoms with Crippen molar-refractivity contribution < 1.29 is 4.79 Å². The molecule has 1 heterocycles. The summed E-state index contributed by atoms with van der Waals surface area (Å²) >= 11 is 0. The second-order valence-corrected chi connectivity index (χ2v) is 7.06. The fraction of sp³-hybridized carbons (Fsp3) is 0.786. The zero-order valence-electron chi connectivity index (χ0n) is 11.6. The van der Waals surface area contributed by atoms with E-state index in [-0.39, 0.29) is 6.03 Å². The lowest BCUT2D eigenvalue weighted by Crippen LogP contribution is -2.51. The van der Waals surface area contributed by atoms with E-state index in [1.54, 1.807) is 0 Å². The molecule has 4 aliphatic rings. The number of aromatic amines is 1. The number of nitrogens with zero attached hydrogens (tertiary/aromatic N) is 2. The molecule has 0 aliphatic heterocycles. The third kappa shape index (κ3) is 2.17. The first kappa shape index (κ1) is 12.2. The number of carbonyl (C=O) groups excluding carboxylic acids is 1. The van der Waals surface area contributed by atoms with Crippen molar-refractivity contribution in [1.82, 2.24) is 20.5 Å². The van der Waals surface area contributed by atoms with Crippen LogP contribution >= 0.6 is 0 Å². The van der Waals surface area contributed by atoms with Crippen molar-refractivity contribution in [1.29, 1.82) is 0 Å². The van der Waals surface area contributed by atoms with Crippen LogP contribution in [0.3, 0.4) is 0 Å². The van der Waals surface area contributed by atoms with Gasteiger partial charge in [0, 0.05) is 6.54 Å². The molecule has 4 aliphatic carbocycles. The van der Waals surface area contributed by atoms with E-state index >= 15 is 0 Å². The number of anilines is 1. The van der Waals surface area contributed by atoms with E-state index in [4.69, 9.17) is 0 Å². The van der Waals surface area contributed by atoms with Crippen molar-refractivity contribution in [3.8, 4) is 0 Å². The smallest absolute Gasteiger partial charge is 0.321 e. The Balaban J connectivity index is 1.36. The van der Waals surface area contributed by atoms with Crippen LogP contribution in [0, 0.1) is 23.2 Å². The molecule has 6 heteroatoms. The van der Waals surface area contributed by atoms with Crippen molar-refractivity contribution in [2.45, 2.75) is 38.5 Å². The van der Waals surface area contributed by atoms with E-state index < -0.39 is 0 Å². The molecule has 0 saturated heterocycles. The van der Waals surface area contributed by atoms with Crippen molar-refractivity contribution >= 4 is 12.0 Å². The van der Waals surface area contributed by atoms with Crippen LogP contribution < -0.4 is 10.6 Å². The Morgan fingerprint density at radius 1 is 1.25 bits per heavy atom. The third-order valence-corrected chi connectivity index (χ3v) is 5.44. The highest BCUT2D eigenvalue weighted by atomic mass is 16.2. The van der Waals surface area contributed by atoms with Gasteiger partial charge in [0.2, 0.25) is 5.95 Å². The molecule has 5 rings (SSSR count). The minimum atomic E-state index is -0.183. The SMILES string of the molecule is O=C(NCC12CC3CC(CC(C3)C1)C2)Nc1ncn[nH]1. The largest absolute Gasteiger partial charge is 0.337 e. The maximum absolute atomic E-state index is 11.9. The van der Waals surface area contributed by atoms with Crippen molar-refractivity contribution in [2.75, 3.05) is 11.9 Å². The molecule has 3 N–H and O–H groups in total. The molecule has 108 valence electrons. The number of rotatable bonds is 3. The molecule has 0 radical (unpaired) electrons. The summed E-state index contributed by atoms with van der Waals surface area (Å²) in [5.41, 5.74) is 0.369. The van der Waals surface area contributed by atoms with E-state index in [1.165, 1.54) is 44.9 Å². The van der Waals surface area contributed by atoms with Crippen LogP contribution in [0.15, 0.2) is 6.33 Å². The number of hydrogen-bond acceptors (Lipinski definition) is 3. The summed E-state index contributed by atoms with van der Waals surface area (Å²) in [6.45, 7) is 0.802. The molecule has 1 aromatic rings. The molecule has 0 aromatic carbocycles. The molecule has 4 fully saturated rings. The summed E-state index contributed by atoms with van der Waals surface area (Å²) in [4.78, 5) is 15.8. The maximum atomic E-state index is 11.9. The van der Waals surface area contributed by atoms with Gasteiger partial charge in [-0.05, 0) is 61.7 Å². The molecule has 2 amide bonds. The Bertz CT molecular complexity index is 462. The lowest BCUT2D eigenvalue weighted by Gasteiger charge is -2.56. The summed E-state index contributed by atoms with van der Waals surface area (Å²) < 4.78 is 0. The van der Waals surface area contributed by atoms with Crippen LogP contribution in [0.2, 0.25) is 0 Å². The van der Waals surface area contributed by atoms with Gasteiger partial charge in [-0.3, -0.25) is 5.32 Å². The van der Waals surface area contributed by atoms with Gasteiger partial charge in [-0.2, -0.15) is 10.1 Å². The predicted octanol–water partition coefficient (Wildman–Crippen LogP) is 2.14. The van der Waals surface area contributed by atoms with E-state index in [0.29, 0.717) is 11.4 Å². The minimum Gasteiger partial charge on any atom is -0.337 e. The topological polar surface area (TPSA) is 82.7 Å². The second-order valence-electron chi connectivity index (χ2n) is 7.06. The van der Waals surface area contributed by atoms with Crippen molar-refractivity contribution in [3.63, 3.8) is 0 Å². The highest BCUT2D eigenvalue weighted by Gasteiger charge is 2.50. The van der Waals surface area contributed by atoms with E-state index in [2.05, 4.69) is 25.8 Å². The summed E-state index contributed by atoms with van der Waals surface area (Å²) in [5, 5.41) is 12.1. The van der Waals surface area contributed by atoms with Gasteiger partial charge in [0.05, 0.1) is 0 Å². The Labute approximate surface area is 118 Å². The summed E-state index contributed by atoms with van der Waals surface area (Å²) in [7, 11) is 0. The normalized spacial score (nSPS) is 37.9. The van der Waals surface area contributed by atoms with Gasteiger partial charge < -0.3 is 5.32 Å². The molecule has 4 saturated carbocycles. The first-order valence-electron chi connectivity index (χ1n) is 7.61. The van der Waals surface area contributed by atoms with E-state index in [1.807, 2.05) is 0 Å². The molecule has 6 nitrogen and oxygen atoms in total. The Morgan fingerprint density at radius 2 is 1.90 bits per heavy atom. The average Bonchev–Trinajstić information content (AvgIpc) is 2.88. The van der Waals surface area contributed by atoms with Gasteiger partial charge in [0.1, 0.15) is 6.33 Å². The van der Waals surface area contributed by atoms with Crippen LogP contribution in [0.4, 0.5) is 10.7 Å². The van der Waals surface area contributed by atoms with Crippen molar-refractivity contribution in [3.05, 3.63) is 6.33 Å².